The Morgan fingerprint density at radius 1 is 1.38 bits per heavy atom. The maximum atomic E-state index is 13.7. The monoisotopic (exact) mass is 493 g/mol. The molecule has 2 unspecified atom stereocenters. The molecular formula is C23H30FN4O5S-. The molecule has 0 spiro atoms. The van der Waals surface area contributed by atoms with Crippen LogP contribution in [0.25, 0.3) is 10.9 Å². The van der Waals surface area contributed by atoms with Crippen molar-refractivity contribution in [3.63, 3.8) is 0 Å². The topological polar surface area (TPSA) is 118 Å². The summed E-state index contributed by atoms with van der Waals surface area (Å²) in [6.07, 6.45) is 1.95. The number of nitrogens with one attached hydrogen (secondary N) is 2. The fraction of sp³-hybridized carbons (Fsp3) is 0.565. The van der Waals surface area contributed by atoms with Crippen LogP contribution >= 0.6 is 0 Å². The fourth-order valence-electron chi connectivity index (χ4n) is 5.16. The zero-order chi connectivity index (χ0) is 24.8. The summed E-state index contributed by atoms with van der Waals surface area (Å²) in [5.41, 5.74) is 0.752. The molecule has 2 aliphatic rings. The van der Waals surface area contributed by atoms with Crippen molar-refractivity contribution in [2.45, 2.75) is 70.2 Å². The predicted molar refractivity (Wildman–Crippen MR) is 124 cm³/mol. The normalized spacial score (nSPS) is 24.8. The van der Waals surface area contributed by atoms with Gasteiger partial charge in [0.1, 0.15) is 17.5 Å². The second-order valence-corrected chi connectivity index (χ2v) is 10.7. The number of likely N-dealkylation sites (tertiary alicyclic amines) is 1. The third-order valence-corrected chi connectivity index (χ3v) is 7.33. The number of hydrogen-bond donors (Lipinski definition) is 2. The Kier molecular flexibility index (Phi) is 6.71. The van der Waals surface area contributed by atoms with Crippen molar-refractivity contribution >= 4 is 34.2 Å². The lowest BCUT2D eigenvalue weighted by Crippen LogP contribution is -2.52. The Hall–Kier alpha value is -2.50. The molecule has 2 saturated heterocycles. The molecule has 3 heterocycles. The standard InChI is InChI=1S/C23H31FN4O5S/c1-5-17(26-22(30)33-23(2,3)4)21(29)27-9-8-19-20(27)16(12-28(19)34(31)32)15-11-25-18-10-13(24)6-7-14(15)18/h6-7,10-11,16-17,19-20,25H,5,8-9,12H2,1-4H3,(H,26,30)(H,31,32)/p-1/t16-,17?,19+,20+/m0/s1. The number of aromatic amines is 1. The van der Waals surface area contributed by atoms with Crippen molar-refractivity contribution in [3.8, 4) is 0 Å². The molecule has 5 atom stereocenters. The number of benzene rings is 1. The van der Waals surface area contributed by atoms with E-state index < -0.39 is 35.0 Å². The number of carbonyl (C=O) groups is 2. The van der Waals surface area contributed by atoms with E-state index in [9.17, 15) is 22.7 Å². The van der Waals surface area contributed by atoms with Gasteiger partial charge in [0.05, 0.1) is 6.04 Å². The molecule has 0 bridgehead atoms. The molecule has 9 nitrogen and oxygen atoms in total. The van der Waals surface area contributed by atoms with Crippen LogP contribution in [0.15, 0.2) is 24.4 Å². The van der Waals surface area contributed by atoms with Crippen molar-refractivity contribution < 1.29 is 27.5 Å². The number of H-pyrrole nitrogens is 1. The number of hydrogen-bond acceptors (Lipinski definition) is 5. The van der Waals surface area contributed by atoms with Gasteiger partial charge >= 0.3 is 6.09 Å². The number of halogens is 1. The zero-order valence-corrected chi connectivity index (χ0v) is 20.5. The Labute approximate surface area is 200 Å². The Balaban J connectivity index is 1.63. The van der Waals surface area contributed by atoms with Crippen LogP contribution in [-0.4, -0.2) is 71.8 Å². The summed E-state index contributed by atoms with van der Waals surface area (Å²) >= 11 is -2.45. The molecule has 1 aromatic carbocycles. The minimum Gasteiger partial charge on any atom is -0.760 e. The molecule has 0 aliphatic carbocycles. The largest absolute Gasteiger partial charge is 0.760 e. The Morgan fingerprint density at radius 2 is 2.12 bits per heavy atom. The number of nitrogens with zero attached hydrogens (tertiary/aromatic N) is 2. The molecule has 4 rings (SSSR count). The second kappa shape index (κ2) is 9.27. The van der Waals surface area contributed by atoms with Crippen LogP contribution in [0.1, 0.15) is 52.0 Å². The molecule has 186 valence electrons. The number of carbonyl (C=O) groups excluding carboxylic acids is 2. The maximum Gasteiger partial charge on any atom is 0.408 e. The van der Waals surface area contributed by atoms with Crippen LogP contribution in [0.2, 0.25) is 0 Å². The first kappa shape index (κ1) is 24.6. The van der Waals surface area contributed by atoms with E-state index in [2.05, 4.69) is 10.3 Å². The lowest BCUT2D eigenvalue weighted by molar-refractivity contribution is -0.134. The van der Waals surface area contributed by atoms with E-state index in [1.807, 2.05) is 0 Å². The van der Waals surface area contributed by atoms with Crippen molar-refractivity contribution in [2.75, 3.05) is 13.1 Å². The highest BCUT2D eigenvalue weighted by atomic mass is 32.2. The first-order chi connectivity index (χ1) is 16.0. The van der Waals surface area contributed by atoms with Gasteiger partial charge in [-0.25, -0.2) is 13.5 Å². The maximum absolute atomic E-state index is 13.7. The number of aromatic nitrogens is 1. The molecule has 2 amide bonds. The van der Waals surface area contributed by atoms with Crippen LogP contribution in [0.4, 0.5) is 9.18 Å². The van der Waals surface area contributed by atoms with Gasteiger partial charge in [-0.05, 0) is 57.4 Å². The van der Waals surface area contributed by atoms with Gasteiger partial charge in [-0.3, -0.25) is 9.00 Å². The molecule has 2 aliphatic heterocycles. The first-order valence-electron chi connectivity index (χ1n) is 11.4. The molecule has 2 aromatic rings. The molecule has 2 N–H and O–H groups in total. The lowest BCUT2D eigenvalue weighted by atomic mass is 9.91. The van der Waals surface area contributed by atoms with E-state index in [-0.39, 0.29) is 30.2 Å². The Bertz CT molecular complexity index is 1120. The Morgan fingerprint density at radius 3 is 2.76 bits per heavy atom. The quantitative estimate of drug-likeness (QED) is 0.621. The summed E-state index contributed by atoms with van der Waals surface area (Å²) in [4.78, 5) is 30.6. The van der Waals surface area contributed by atoms with Crippen molar-refractivity contribution in [2.24, 2.45) is 0 Å². The molecule has 1 aromatic heterocycles. The van der Waals surface area contributed by atoms with E-state index in [0.717, 1.165) is 10.9 Å². The van der Waals surface area contributed by atoms with Gasteiger partial charge in [-0.2, -0.15) is 0 Å². The molecule has 34 heavy (non-hydrogen) atoms. The number of fused-ring (bicyclic) bond motifs is 2. The zero-order valence-electron chi connectivity index (χ0n) is 19.7. The van der Waals surface area contributed by atoms with Crippen molar-refractivity contribution in [1.29, 1.82) is 0 Å². The van der Waals surface area contributed by atoms with Crippen molar-refractivity contribution in [1.82, 2.24) is 19.5 Å². The first-order valence-corrected chi connectivity index (χ1v) is 12.5. The fourth-order valence-corrected chi connectivity index (χ4v) is 5.90. The average molecular weight is 494 g/mol. The lowest BCUT2D eigenvalue weighted by Gasteiger charge is -2.32. The van der Waals surface area contributed by atoms with E-state index in [4.69, 9.17) is 4.74 Å². The van der Waals surface area contributed by atoms with E-state index in [1.54, 1.807) is 44.9 Å². The summed E-state index contributed by atoms with van der Waals surface area (Å²) in [5, 5.41) is 3.46. The smallest absolute Gasteiger partial charge is 0.408 e. The van der Waals surface area contributed by atoms with E-state index >= 15 is 0 Å². The van der Waals surface area contributed by atoms with Gasteiger partial charge in [0.25, 0.3) is 0 Å². The van der Waals surface area contributed by atoms with Crippen molar-refractivity contribution in [3.05, 3.63) is 35.8 Å². The summed E-state index contributed by atoms with van der Waals surface area (Å²) in [5.74, 6) is -0.938. The van der Waals surface area contributed by atoms with Crippen LogP contribution in [0.3, 0.4) is 0 Å². The number of amides is 2. The average Bonchev–Trinajstić information content (AvgIpc) is 3.43. The summed E-state index contributed by atoms with van der Waals surface area (Å²) in [7, 11) is 0. The minimum atomic E-state index is -2.45. The van der Waals surface area contributed by atoms with Gasteiger partial charge in [0, 0.05) is 53.4 Å². The third kappa shape index (κ3) is 4.69. The highest BCUT2D eigenvalue weighted by Crippen LogP contribution is 2.43. The van der Waals surface area contributed by atoms with Crippen LogP contribution in [0, 0.1) is 5.82 Å². The third-order valence-electron chi connectivity index (χ3n) is 6.53. The summed E-state index contributed by atoms with van der Waals surface area (Å²) in [6, 6.07) is 2.87. The number of ether oxygens (including phenoxy) is 1. The van der Waals surface area contributed by atoms with Crippen LogP contribution < -0.4 is 5.32 Å². The van der Waals surface area contributed by atoms with Gasteiger partial charge in [-0.15, -0.1) is 0 Å². The summed E-state index contributed by atoms with van der Waals surface area (Å²) in [6.45, 7) is 7.63. The van der Waals surface area contributed by atoms with E-state index in [0.29, 0.717) is 24.9 Å². The van der Waals surface area contributed by atoms with Gasteiger partial charge in [0.15, 0.2) is 0 Å². The highest BCUT2D eigenvalue weighted by Gasteiger charge is 2.52. The highest BCUT2D eigenvalue weighted by molar-refractivity contribution is 7.76. The summed E-state index contributed by atoms with van der Waals surface area (Å²) < 4.78 is 44.4. The molecule has 0 radical (unpaired) electrons. The minimum absolute atomic E-state index is 0.218. The molecule has 2 fully saturated rings. The van der Waals surface area contributed by atoms with E-state index in [1.165, 1.54) is 16.4 Å². The molecular weight excluding hydrogens is 463 g/mol. The van der Waals surface area contributed by atoms with Crippen LogP contribution in [-0.2, 0) is 20.8 Å². The second-order valence-electron chi connectivity index (χ2n) is 9.84. The van der Waals surface area contributed by atoms with Crippen LogP contribution in [0.5, 0.6) is 0 Å². The van der Waals surface area contributed by atoms with Gasteiger partial charge in [0.2, 0.25) is 5.91 Å². The predicted octanol–water partition coefficient (Wildman–Crippen LogP) is 2.77. The molecule has 0 saturated carbocycles. The number of rotatable bonds is 5. The van der Waals surface area contributed by atoms with Gasteiger partial charge in [-0.1, -0.05) is 6.92 Å². The number of alkyl carbamates (subject to hydrolysis) is 1. The van der Waals surface area contributed by atoms with Gasteiger partial charge < -0.3 is 24.5 Å². The SMILES string of the molecule is CCC(NC(=O)OC(C)(C)C)C(=O)N1CC[C@@H]2[C@H]1[C@H](c1c[nH]c3cc(F)ccc13)CN2S(=O)[O-]. The molecule has 11 heteroatoms.